The Kier molecular flexibility index (Phi) is 2.66. The molecule has 0 aromatic heterocycles. The number of halogens is 2. The first kappa shape index (κ1) is 10.8. The van der Waals surface area contributed by atoms with Gasteiger partial charge in [0.2, 0.25) is 11.8 Å². The van der Waals surface area contributed by atoms with Crippen molar-refractivity contribution < 1.29 is 13.6 Å². The second kappa shape index (κ2) is 3.70. The smallest absolute Gasteiger partial charge is 0.249 e. The number of hydrogen-bond donors (Lipinski definition) is 1. The molecule has 1 saturated heterocycles. The van der Waals surface area contributed by atoms with Crippen LogP contribution in [0.25, 0.3) is 0 Å². The van der Waals surface area contributed by atoms with Crippen LogP contribution in [-0.4, -0.2) is 42.9 Å². The molecule has 2 rings (SSSR count). The maximum absolute atomic E-state index is 12.6. The summed E-state index contributed by atoms with van der Waals surface area (Å²) >= 11 is 0. The summed E-state index contributed by atoms with van der Waals surface area (Å²) in [6.45, 7) is 1.36. The minimum atomic E-state index is -2.59. The predicted octanol–water partition coefficient (Wildman–Crippen LogP) is 0.852. The molecule has 0 spiro atoms. The Morgan fingerprint density at radius 2 is 2.13 bits per heavy atom. The molecular weight excluding hydrogens is 202 g/mol. The molecule has 0 radical (unpaired) electrons. The van der Waals surface area contributed by atoms with Gasteiger partial charge in [-0.3, -0.25) is 4.79 Å². The van der Waals surface area contributed by atoms with Gasteiger partial charge in [-0.2, -0.15) is 0 Å². The number of amides is 1. The van der Waals surface area contributed by atoms with Crippen molar-refractivity contribution >= 4 is 5.91 Å². The minimum absolute atomic E-state index is 0.0846. The molecule has 1 saturated carbocycles. The Labute approximate surface area is 87.8 Å². The Hall–Kier alpha value is -0.710. The summed E-state index contributed by atoms with van der Waals surface area (Å²) in [5, 5.41) is 3.10. The summed E-state index contributed by atoms with van der Waals surface area (Å²) in [5.41, 5.74) is 0. The van der Waals surface area contributed by atoms with Crippen molar-refractivity contribution in [3.05, 3.63) is 0 Å². The van der Waals surface area contributed by atoms with Gasteiger partial charge in [0.25, 0.3) is 0 Å². The van der Waals surface area contributed by atoms with Gasteiger partial charge in [-0.1, -0.05) is 0 Å². The largest absolute Gasteiger partial charge is 0.341 e. The first-order chi connectivity index (χ1) is 7.02. The van der Waals surface area contributed by atoms with Crippen LogP contribution in [0.3, 0.4) is 0 Å². The van der Waals surface area contributed by atoms with Crippen LogP contribution in [0.1, 0.15) is 19.3 Å². The van der Waals surface area contributed by atoms with E-state index in [0.29, 0.717) is 19.1 Å². The number of alkyl halides is 2. The first-order valence-corrected chi connectivity index (χ1v) is 5.36. The topological polar surface area (TPSA) is 32.3 Å². The van der Waals surface area contributed by atoms with Crippen molar-refractivity contribution in [2.24, 2.45) is 5.92 Å². The van der Waals surface area contributed by atoms with Crippen LogP contribution < -0.4 is 5.32 Å². The Balaban J connectivity index is 1.83. The summed E-state index contributed by atoms with van der Waals surface area (Å²) < 4.78 is 25.2. The van der Waals surface area contributed by atoms with Crippen LogP contribution in [0.2, 0.25) is 0 Å². The highest BCUT2D eigenvalue weighted by atomic mass is 19.3. The van der Waals surface area contributed by atoms with Crippen molar-refractivity contribution in [2.45, 2.75) is 31.2 Å². The Morgan fingerprint density at radius 1 is 1.47 bits per heavy atom. The molecule has 0 bridgehead atoms. The van der Waals surface area contributed by atoms with E-state index in [1.165, 1.54) is 0 Å². The number of rotatable bonds is 2. The molecule has 5 heteroatoms. The van der Waals surface area contributed by atoms with Crippen LogP contribution in [0, 0.1) is 5.92 Å². The van der Waals surface area contributed by atoms with Gasteiger partial charge in [0.15, 0.2) is 0 Å². The zero-order chi connectivity index (χ0) is 11.1. The Bertz CT molecular complexity index is 262. The van der Waals surface area contributed by atoms with Crippen LogP contribution >= 0.6 is 0 Å². The molecule has 1 aliphatic heterocycles. The van der Waals surface area contributed by atoms with Gasteiger partial charge in [0.05, 0.1) is 0 Å². The third-order valence-corrected chi connectivity index (χ3v) is 3.35. The number of carbonyl (C=O) groups is 1. The zero-order valence-electron chi connectivity index (χ0n) is 8.80. The van der Waals surface area contributed by atoms with Gasteiger partial charge in [-0.25, -0.2) is 8.78 Å². The monoisotopic (exact) mass is 218 g/mol. The second-order valence-corrected chi connectivity index (χ2v) is 4.52. The number of nitrogens with one attached hydrogen (secondary N) is 1. The molecule has 1 atom stereocenters. The molecule has 0 aromatic rings. The van der Waals surface area contributed by atoms with Crippen LogP contribution in [-0.2, 0) is 4.79 Å². The maximum atomic E-state index is 12.6. The highest BCUT2D eigenvalue weighted by Crippen LogP contribution is 2.43. The third kappa shape index (κ3) is 2.12. The lowest BCUT2D eigenvalue weighted by molar-refractivity contribution is -0.158. The van der Waals surface area contributed by atoms with Crippen molar-refractivity contribution in [1.82, 2.24) is 10.2 Å². The lowest BCUT2D eigenvalue weighted by atomic mass is 9.80. The summed E-state index contributed by atoms with van der Waals surface area (Å²) in [7, 11) is 1.86. The number of likely N-dealkylation sites (tertiary alicyclic amines) is 1. The van der Waals surface area contributed by atoms with Crippen molar-refractivity contribution in [1.29, 1.82) is 0 Å². The molecule has 1 N–H and O–H groups in total. The molecule has 1 aliphatic carbocycles. The van der Waals surface area contributed by atoms with E-state index in [1.54, 1.807) is 4.90 Å². The van der Waals surface area contributed by atoms with Gasteiger partial charge >= 0.3 is 0 Å². The van der Waals surface area contributed by atoms with E-state index in [4.69, 9.17) is 0 Å². The fraction of sp³-hybridized carbons (Fsp3) is 0.900. The van der Waals surface area contributed by atoms with Crippen molar-refractivity contribution in [3.8, 4) is 0 Å². The fourth-order valence-corrected chi connectivity index (χ4v) is 2.29. The number of hydrogen-bond acceptors (Lipinski definition) is 2. The first-order valence-electron chi connectivity index (χ1n) is 5.36. The molecule has 2 fully saturated rings. The average molecular weight is 218 g/mol. The standard InChI is InChI=1S/C10H16F2N2O/c1-13-8-2-3-14(6-8)9(15)7-4-10(11,12)5-7/h7-8,13H,2-6H2,1H3/t8-/m1/s1. The molecule has 1 amide bonds. The quantitative estimate of drug-likeness (QED) is 0.745. The van der Waals surface area contributed by atoms with Crippen molar-refractivity contribution in [2.75, 3.05) is 20.1 Å². The van der Waals surface area contributed by atoms with Gasteiger partial charge in [0.1, 0.15) is 0 Å². The molecule has 3 nitrogen and oxygen atoms in total. The van der Waals surface area contributed by atoms with Gasteiger partial charge in [0, 0.05) is 37.9 Å². The molecule has 1 heterocycles. The van der Waals surface area contributed by atoms with E-state index in [9.17, 15) is 13.6 Å². The van der Waals surface area contributed by atoms with Gasteiger partial charge in [-0.05, 0) is 13.5 Å². The average Bonchev–Trinajstić information content (AvgIpc) is 2.61. The van der Waals surface area contributed by atoms with Crippen LogP contribution in [0.5, 0.6) is 0 Å². The number of likely N-dealkylation sites (N-methyl/N-ethyl adjacent to an activating group) is 1. The van der Waals surface area contributed by atoms with E-state index in [-0.39, 0.29) is 18.7 Å². The SMILES string of the molecule is CN[C@@H]1CCN(C(=O)C2CC(F)(F)C2)C1. The summed E-state index contributed by atoms with van der Waals surface area (Å²) in [6.07, 6.45) is 0.407. The fourth-order valence-electron chi connectivity index (χ4n) is 2.29. The number of nitrogens with zero attached hydrogens (tertiary/aromatic N) is 1. The van der Waals surface area contributed by atoms with Crippen molar-refractivity contribution in [3.63, 3.8) is 0 Å². The van der Waals surface area contributed by atoms with Crippen LogP contribution in [0.4, 0.5) is 8.78 Å². The number of carbonyl (C=O) groups excluding carboxylic acids is 1. The molecule has 15 heavy (non-hydrogen) atoms. The highest BCUT2D eigenvalue weighted by molar-refractivity contribution is 5.80. The third-order valence-electron chi connectivity index (χ3n) is 3.35. The van der Waals surface area contributed by atoms with E-state index < -0.39 is 11.8 Å². The van der Waals surface area contributed by atoms with Gasteiger partial charge in [-0.15, -0.1) is 0 Å². The van der Waals surface area contributed by atoms with Crippen LogP contribution in [0.15, 0.2) is 0 Å². The highest BCUT2D eigenvalue weighted by Gasteiger charge is 2.50. The lowest BCUT2D eigenvalue weighted by Gasteiger charge is -2.36. The second-order valence-electron chi connectivity index (χ2n) is 4.52. The van der Waals surface area contributed by atoms with Gasteiger partial charge < -0.3 is 10.2 Å². The molecule has 0 aromatic carbocycles. The maximum Gasteiger partial charge on any atom is 0.249 e. The van der Waals surface area contributed by atoms with E-state index in [2.05, 4.69) is 5.32 Å². The van der Waals surface area contributed by atoms with E-state index >= 15 is 0 Å². The normalized spacial score (nSPS) is 30.3. The summed E-state index contributed by atoms with van der Waals surface area (Å²) in [4.78, 5) is 13.5. The molecular formula is C10H16F2N2O. The summed E-state index contributed by atoms with van der Waals surface area (Å²) in [5.74, 6) is -3.11. The van der Waals surface area contributed by atoms with E-state index in [1.807, 2.05) is 7.05 Å². The summed E-state index contributed by atoms with van der Waals surface area (Å²) in [6, 6.07) is 0.328. The zero-order valence-corrected chi connectivity index (χ0v) is 8.80. The lowest BCUT2D eigenvalue weighted by Crippen LogP contribution is -2.46. The predicted molar refractivity (Wildman–Crippen MR) is 51.7 cm³/mol. The molecule has 86 valence electrons. The van der Waals surface area contributed by atoms with E-state index in [0.717, 1.165) is 6.42 Å². The molecule has 0 unspecified atom stereocenters. The molecule has 2 aliphatic rings. The Morgan fingerprint density at radius 3 is 2.60 bits per heavy atom. The minimum Gasteiger partial charge on any atom is -0.341 e.